The molecule has 2 aliphatic rings. The molecule has 1 aromatic carbocycles. The number of nitrogens with zero attached hydrogens (tertiary/aromatic N) is 3. The minimum atomic E-state index is -0.482. The van der Waals surface area contributed by atoms with E-state index in [4.69, 9.17) is 15.2 Å². The van der Waals surface area contributed by atoms with Gasteiger partial charge in [-0.25, -0.2) is 18.7 Å². The zero-order chi connectivity index (χ0) is 20.1. The molecule has 2 aromatic heterocycles. The normalized spacial score (nSPS) is 21.5. The Hall–Kier alpha value is -2.78. The van der Waals surface area contributed by atoms with Gasteiger partial charge in [0.15, 0.2) is 11.5 Å². The number of anilines is 1. The van der Waals surface area contributed by atoms with Crippen molar-refractivity contribution in [3.05, 3.63) is 46.9 Å². The predicted molar refractivity (Wildman–Crippen MR) is 102 cm³/mol. The average molecular weight is 401 g/mol. The van der Waals surface area contributed by atoms with Crippen LogP contribution >= 0.6 is 0 Å². The number of fused-ring (bicyclic) bond motifs is 2. The van der Waals surface area contributed by atoms with Gasteiger partial charge in [0.05, 0.1) is 12.0 Å². The lowest BCUT2D eigenvalue weighted by Gasteiger charge is -2.22. The molecule has 2 aliphatic heterocycles. The van der Waals surface area contributed by atoms with E-state index in [1.54, 1.807) is 17.6 Å². The first-order valence-corrected chi connectivity index (χ1v) is 9.60. The van der Waals surface area contributed by atoms with Gasteiger partial charge >= 0.3 is 0 Å². The molecule has 1 saturated heterocycles. The third kappa shape index (κ3) is 3.10. The fraction of sp³-hybridized carbons (Fsp3) is 0.400. The maximum absolute atomic E-state index is 14.4. The minimum absolute atomic E-state index is 0.111. The van der Waals surface area contributed by atoms with E-state index in [1.165, 1.54) is 12.3 Å². The van der Waals surface area contributed by atoms with Crippen LogP contribution in [0.1, 0.15) is 29.6 Å². The number of hydrogen-bond acceptors (Lipinski definition) is 6. The average Bonchev–Trinajstić information content (AvgIpc) is 3.28. The van der Waals surface area contributed by atoms with E-state index < -0.39 is 12.0 Å². The van der Waals surface area contributed by atoms with Gasteiger partial charge < -0.3 is 25.1 Å². The smallest absolute Gasteiger partial charge is 0.154 e. The molecule has 2 atom stereocenters. The first-order chi connectivity index (χ1) is 14.0. The number of benzene rings is 1. The Morgan fingerprint density at radius 2 is 2.10 bits per heavy atom. The predicted octanol–water partition coefficient (Wildman–Crippen LogP) is 2.61. The molecule has 0 bridgehead atoms. The monoisotopic (exact) mass is 401 g/mol. The van der Waals surface area contributed by atoms with Crippen LogP contribution in [0.25, 0.3) is 11.0 Å². The Morgan fingerprint density at radius 1 is 1.24 bits per heavy atom. The van der Waals surface area contributed by atoms with Crippen LogP contribution in [0.4, 0.5) is 14.6 Å². The van der Waals surface area contributed by atoms with Gasteiger partial charge in [-0.3, -0.25) is 0 Å². The van der Waals surface area contributed by atoms with E-state index in [0.29, 0.717) is 48.8 Å². The molecule has 5 rings (SSSR count). The second-order valence-corrected chi connectivity index (χ2v) is 7.43. The quantitative estimate of drug-likeness (QED) is 0.702. The summed E-state index contributed by atoms with van der Waals surface area (Å²) in [5, 5.41) is 3.45. The first-order valence-electron chi connectivity index (χ1n) is 9.60. The second-order valence-electron chi connectivity index (χ2n) is 7.43. The number of aromatic nitrogens is 3. The van der Waals surface area contributed by atoms with Gasteiger partial charge in [-0.1, -0.05) is 0 Å². The molecule has 0 spiro atoms. The molecule has 1 fully saturated rings. The number of hydrogen-bond donors (Lipinski definition) is 2. The molecule has 4 heterocycles. The summed E-state index contributed by atoms with van der Waals surface area (Å²) < 4.78 is 42.2. The summed E-state index contributed by atoms with van der Waals surface area (Å²) >= 11 is 0. The molecule has 9 heteroatoms. The largest absolute Gasteiger partial charge is 0.487 e. The standard InChI is InChI=1S/C20H21F2N5O2/c1-10-25-19(23)18-15(22)8-27(20(18)26-10)17-6-11(9-28-17)29-16-3-2-14(21)12-4-5-24-7-13(12)16/h2-3,8,11,17,24H,4-7,9H2,1H3,(H2,23,25,26). The van der Waals surface area contributed by atoms with Crippen molar-refractivity contribution in [2.75, 3.05) is 18.9 Å². The van der Waals surface area contributed by atoms with Gasteiger partial charge in [0, 0.05) is 24.7 Å². The molecule has 0 saturated carbocycles. The van der Waals surface area contributed by atoms with Crippen molar-refractivity contribution in [1.82, 2.24) is 19.9 Å². The second kappa shape index (κ2) is 6.93. The van der Waals surface area contributed by atoms with E-state index in [-0.39, 0.29) is 23.1 Å². The Labute approximate surface area is 165 Å². The summed E-state index contributed by atoms with van der Waals surface area (Å²) in [6.45, 7) is 3.37. The molecular weight excluding hydrogens is 380 g/mol. The Bertz CT molecular complexity index is 1100. The third-order valence-corrected chi connectivity index (χ3v) is 5.49. The van der Waals surface area contributed by atoms with Crippen LogP contribution in [-0.2, 0) is 17.7 Å². The molecule has 3 N–H and O–H groups in total. The highest BCUT2D eigenvalue weighted by molar-refractivity contribution is 5.87. The Kier molecular flexibility index (Phi) is 4.36. The van der Waals surface area contributed by atoms with E-state index >= 15 is 0 Å². The zero-order valence-corrected chi connectivity index (χ0v) is 15.9. The molecule has 2 unspecified atom stereocenters. The van der Waals surface area contributed by atoms with E-state index in [0.717, 1.165) is 12.1 Å². The first kappa shape index (κ1) is 18.3. The number of rotatable bonds is 3. The number of ether oxygens (including phenoxy) is 2. The molecule has 0 aliphatic carbocycles. The molecule has 7 nitrogen and oxygen atoms in total. The van der Waals surface area contributed by atoms with Crippen molar-refractivity contribution in [1.29, 1.82) is 0 Å². The van der Waals surface area contributed by atoms with Crippen LogP contribution in [0.5, 0.6) is 5.75 Å². The van der Waals surface area contributed by atoms with Crippen LogP contribution in [-0.4, -0.2) is 33.8 Å². The van der Waals surface area contributed by atoms with Crippen LogP contribution in [0, 0.1) is 18.6 Å². The molecular formula is C20H21F2N5O2. The Morgan fingerprint density at radius 3 is 2.97 bits per heavy atom. The summed E-state index contributed by atoms with van der Waals surface area (Å²) in [7, 11) is 0. The molecule has 0 radical (unpaired) electrons. The van der Waals surface area contributed by atoms with Crippen molar-refractivity contribution in [2.45, 2.75) is 38.6 Å². The van der Waals surface area contributed by atoms with Crippen molar-refractivity contribution in [2.24, 2.45) is 0 Å². The van der Waals surface area contributed by atoms with E-state index in [2.05, 4.69) is 15.3 Å². The van der Waals surface area contributed by atoms with Crippen LogP contribution in [0.2, 0.25) is 0 Å². The number of nitrogens with two attached hydrogens (primary N) is 1. The van der Waals surface area contributed by atoms with E-state index in [1.807, 2.05) is 0 Å². The van der Waals surface area contributed by atoms with Crippen molar-refractivity contribution in [3.63, 3.8) is 0 Å². The van der Waals surface area contributed by atoms with Crippen LogP contribution in [0.15, 0.2) is 18.3 Å². The van der Waals surface area contributed by atoms with Crippen LogP contribution < -0.4 is 15.8 Å². The number of halogens is 2. The zero-order valence-electron chi connectivity index (χ0n) is 15.9. The van der Waals surface area contributed by atoms with Crippen molar-refractivity contribution < 1.29 is 18.3 Å². The van der Waals surface area contributed by atoms with Gasteiger partial charge in [-0.15, -0.1) is 0 Å². The fourth-order valence-corrected chi connectivity index (χ4v) is 4.14. The number of nitrogens with one attached hydrogen (secondary N) is 1. The highest BCUT2D eigenvalue weighted by Gasteiger charge is 2.32. The topological polar surface area (TPSA) is 87.2 Å². The fourth-order valence-electron chi connectivity index (χ4n) is 4.14. The van der Waals surface area contributed by atoms with Gasteiger partial charge in [0.1, 0.15) is 35.5 Å². The van der Waals surface area contributed by atoms with Crippen molar-refractivity contribution >= 4 is 16.9 Å². The SMILES string of the molecule is Cc1nc(N)c2c(F)cn(C3CC(Oc4ccc(F)c5c4CNCC5)CO3)c2n1. The minimum Gasteiger partial charge on any atom is -0.487 e. The summed E-state index contributed by atoms with van der Waals surface area (Å²) in [5.74, 6) is 0.555. The van der Waals surface area contributed by atoms with Gasteiger partial charge in [-0.2, -0.15) is 0 Å². The summed E-state index contributed by atoms with van der Waals surface area (Å²) in [4.78, 5) is 8.37. The van der Waals surface area contributed by atoms with Gasteiger partial charge in [0.25, 0.3) is 0 Å². The number of aryl methyl sites for hydroxylation is 1. The van der Waals surface area contributed by atoms with E-state index in [9.17, 15) is 8.78 Å². The molecule has 29 heavy (non-hydrogen) atoms. The van der Waals surface area contributed by atoms with Gasteiger partial charge in [-0.05, 0) is 37.6 Å². The Balaban J connectivity index is 1.40. The highest BCUT2D eigenvalue weighted by atomic mass is 19.1. The highest BCUT2D eigenvalue weighted by Crippen LogP contribution is 2.34. The van der Waals surface area contributed by atoms with Gasteiger partial charge in [0.2, 0.25) is 0 Å². The number of nitrogen functional groups attached to an aromatic ring is 1. The van der Waals surface area contributed by atoms with Crippen LogP contribution in [0.3, 0.4) is 0 Å². The summed E-state index contributed by atoms with van der Waals surface area (Å²) in [5.41, 5.74) is 7.84. The molecule has 152 valence electrons. The third-order valence-electron chi connectivity index (χ3n) is 5.49. The lowest BCUT2D eigenvalue weighted by molar-refractivity contribution is 0.0522. The molecule has 0 amide bonds. The maximum atomic E-state index is 14.4. The lowest BCUT2D eigenvalue weighted by atomic mass is 9.99. The lowest BCUT2D eigenvalue weighted by Crippen LogP contribution is -2.26. The summed E-state index contributed by atoms with van der Waals surface area (Å²) in [6.07, 6.45) is 1.81. The summed E-state index contributed by atoms with van der Waals surface area (Å²) in [6, 6.07) is 3.11. The molecule has 3 aromatic rings. The maximum Gasteiger partial charge on any atom is 0.154 e. The van der Waals surface area contributed by atoms with Crippen molar-refractivity contribution in [3.8, 4) is 5.75 Å².